The van der Waals surface area contributed by atoms with Gasteiger partial charge in [0.1, 0.15) is 17.7 Å². The van der Waals surface area contributed by atoms with Crippen LogP contribution in [0.25, 0.3) is 5.69 Å². The van der Waals surface area contributed by atoms with Crippen LogP contribution in [0.3, 0.4) is 0 Å². The molecule has 3 amide bonds. The largest absolute Gasteiger partial charge is 0.416 e. The Morgan fingerprint density at radius 2 is 1.74 bits per heavy atom. The zero-order chi connectivity index (χ0) is 33.4. The number of para-hydroxylation sites is 1. The molecule has 3 aromatic carbocycles. The number of amides is 3. The van der Waals surface area contributed by atoms with Gasteiger partial charge in [-0.25, -0.2) is 9.07 Å². The summed E-state index contributed by atoms with van der Waals surface area (Å²) in [5.41, 5.74) is -0.130. The summed E-state index contributed by atoms with van der Waals surface area (Å²) in [6, 6.07) is 16.0. The molecule has 0 bridgehead atoms. The van der Waals surface area contributed by atoms with Crippen LogP contribution in [-0.4, -0.2) is 52.8 Å². The first-order valence-electron chi connectivity index (χ1n) is 14.2. The molecular formula is C32H27BBrF4N5O3. The number of likely N-dealkylation sites (N-methyl/N-ethyl adjacent to an activating group) is 1. The molecule has 0 unspecified atom stereocenters. The number of nitrogens with one attached hydrogen (secondary N) is 2. The molecule has 46 heavy (non-hydrogen) atoms. The molecule has 0 fully saturated rings. The molecule has 0 saturated heterocycles. The van der Waals surface area contributed by atoms with Gasteiger partial charge in [0, 0.05) is 23.0 Å². The Kier molecular flexibility index (Phi) is 9.12. The van der Waals surface area contributed by atoms with Crippen LogP contribution in [-0.2, 0) is 27.6 Å². The fourth-order valence-electron chi connectivity index (χ4n) is 5.48. The van der Waals surface area contributed by atoms with Crippen molar-refractivity contribution in [1.29, 1.82) is 0 Å². The number of benzene rings is 3. The van der Waals surface area contributed by atoms with Gasteiger partial charge >= 0.3 is 6.18 Å². The third-order valence-electron chi connectivity index (χ3n) is 7.73. The summed E-state index contributed by atoms with van der Waals surface area (Å²) in [5, 5.41) is 8.21. The second-order valence-electron chi connectivity index (χ2n) is 10.7. The van der Waals surface area contributed by atoms with E-state index in [1.807, 2.05) is 0 Å². The van der Waals surface area contributed by atoms with Crippen LogP contribution >= 0.6 is 15.9 Å². The molecule has 2 heterocycles. The molecule has 14 heteroatoms. The summed E-state index contributed by atoms with van der Waals surface area (Å²) < 4.78 is 56.1. The lowest BCUT2D eigenvalue weighted by Gasteiger charge is -2.46. The highest BCUT2D eigenvalue weighted by molar-refractivity contribution is 9.10. The fourth-order valence-corrected chi connectivity index (χ4v) is 5.64. The predicted molar refractivity (Wildman–Crippen MR) is 167 cm³/mol. The number of anilines is 1. The van der Waals surface area contributed by atoms with Gasteiger partial charge < -0.3 is 10.6 Å². The van der Waals surface area contributed by atoms with Crippen LogP contribution < -0.4 is 15.5 Å². The predicted octanol–water partition coefficient (Wildman–Crippen LogP) is 5.01. The fraction of sp³-hybridized carbons (Fsp3) is 0.250. The van der Waals surface area contributed by atoms with Crippen molar-refractivity contribution in [3.63, 3.8) is 0 Å². The van der Waals surface area contributed by atoms with Crippen LogP contribution in [0.5, 0.6) is 0 Å². The Hall–Kier alpha value is -4.46. The number of nitrogens with zero attached hydrogens (tertiary/aromatic N) is 3. The highest BCUT2D eigenvalue weighted by Gasteiger charge is 2.53. The van der Waals surface area contributed by atoms with Crippen LogP contribution in [0.15, 0.2) is 78.9 Å². The third kappa shape index (κ3) is 6.05. The number of carbonyl (C=O) groups excluding carboxylic acids is 3. The van der Waals surface area contributed by atoms with E-state index in [0.717, 1.165) is 24.3 Å². The molecule has 5 rings (SSSR count). The molecule has 236 valence electrons. The summed E-state index contributed by atoms with van der Waals surface area (Å²) in [5.74, 6) is -2.36. The zero-order valence-electron chi connectivity index (χ0n) is 24.6. The van der Waals surface area contributed by atoms with Crippen molar-refractivity contribution >= 4 is 47.3 Å². The first-order valence-corrected chi connectivity index (χ1v) is 15.1. The maximum atomic E-state index is 14.4. The Labute approximate surface area is 271 Å². The lowest BCUT2D eigenvalue weighted by Crippen LogP contribution is -2.64. The van der Waals surface area contributed by atoms with Gasteiger partial charge in [0.05, 0.1) is 36.2 Å². The second kappa shape index (κ2) is 12.7. The molecule has 0 saturated carbocycles. The van der Waals surface area contributed by atoms with Crippen LogP contribution in [0.4, 0.5) is 23.4 Å². The number of carbonyl (C=O) groups is 3. The maximum absolute atomic E-state index is 14.4. The van der Waals surface area contributed by atoms with Crippen molar-refractivity contribution in [2.45, 2.75) is 42.8 Å². The second-order valence-corrected chi connectivity index (χ2v) is 12.0. The van der Waals surface area contributed by atoms with Gasteiger partial charge in [0.25, 0.3) is 11.8 Å². The highest BCUT2D eigenvalue weighted by Crippen LogP contribution is 2.46. The molecule has 4 aromatic rings. The number of alkyl halides is 4. The molecule has 8 nitrogen and oxygen atoms in total. The monoisotopic (exact) mass is 695 g/mol. The van der Waals surface area contributed by atoms with Crippen molar-refractivity contribution in [2.75, 3.05) is 11.4 Å². The van der Waals surface area contributed by atoms with E-state index >= 15 is 0 Å². The number of fused-ring (bicyclic) bond motifs is 1. The van der Waals surface area contributed by atoms with E-state index in [4.69, 9.17) is 12.9 Å². The van der Waals surface area contributed by atoms with E-state index in [1.165, 1.54) is 27.8 Å². The Morgan fingerprint density at radius 1 is 1.07 bits per heavy atom. The summed E-state index contributed by atoms with van der Waals surface area (Å²) in [7, 11) is 7.24. The van der Waals surface area contributed by atoms with Crippen LogP contribution in [0, 0.1) is 5.82 Å². The van der Waals surface area contributed by atoms with Crippen molar-refractivity contribution in [1.82, 2.24) is 20.4 Å². The number of hydrogen-bond donors (Lipinski definition) is 2. The average Bonchev–Trinajstić information content (AvgIpc) is 3.42. The van der Waals surface area contributed by atoms with E-state index < -0.39 is 45.6 Å². The van der Waals surface area contributed by atoms with E-state index in [0.29, 0.717) is 11.8 Å². The molecule has 1 aliphatic heterocycles. The SMILES string of the molecule is [B][C@@]1(c2ccc(F)cc2)c2c(CNC(=O)[C@H](C)Br)nn(-c3ccccc3)c2N(CC)C(=O)[C@H]1NC(=O)c1cccc(C(F)(F)F)c1. The number of halogens is 5. The topological polar surface area (TPSA) is 96.3 Å². The zero-order valence-corrected chi connectivity index (χ0v) is 26.2. The lowest BCUT2D eigenvalue weighted by molar-refractivity contribution is -0.137. The van der Waals surface area contributed by atoms with Gasteiger partial charge in [-0.05, 0) is 61.9 Å². The molecule has 1 aliphatic rings. The first-order chi connectivity index (χ1) is 21.8. The summed E-state index contributed by atoms with van der Waals surface area (Å²) in [6.45, 7) is 3.28. The smallest absolute Gasteiger partial charge is 0.349 e. The molecule has 1 aromatic heterocycles. The number of hydrogen-bond acceptors (Lipinski definition) is 4. The van der Waals surface area contributed by atoms with Gasteiger partial charge in [-0.2, -0.15) is 18.3 Å². The number of aromatic nitrogens is 2. The minimum atomic E-state index is -4.71. The van der Waals surface area contributed by atoms with Crippen LogP contribution in [0.2, 0.25) is 0 Å². The normalized spacial score (nSPS) is 18.5. The maximum Gasteiger partial charge on any atom is 0.416 e. The van der Waals surface area contributed by atoms with Gasteiger partial charge in [-0.1, -0.05) is 52.3 Å². The molecule has 2 N–H and O–H groups in total. The van der Waals surface area contributed by atoms with Crippen molar-refractivity contribution in [3.8, 4) is 5.69 Å². The van der Waals surface area contributed by atoms with Gasteiger partial charge in [0.15, 0.2) is 0 Å². The Morgan fingerprint density at radius 3 is 2.35 bits per heavy atom. The minimum Gasteiger partial charge on any atom is -0.349 e. The van der Waals surface area contributed by atoms with Crippen LogP contribution in [0.1, 0.15) is 46.6 Å². The molecular weight excluding hydrogens is 669 g/mol. The molecule has 0 spiro atoms. The van der Waals surface area contributed by atoms with Gasteiger partial charge in [-0.3, -0.25) is 19.3 Å². The van der Waals surface area contributed by atoms with Gasteiger partial charge in [0.2, 0.25) is 5.91 Å². The van der Waals surface area contributed by atoms with Crippen molar-refractivity contribution in [2.24, 2.45) is 0 Å². The highest BCUT2D eigenvalue weighted by atomic mass is 79.9. The quantitative estimate of drug-likeness (QED) is 0.154. The lowest BCUT2D eigenvalue weighted by atomic mass is 9.53. The van der Waals surface area contributed by atoms with Gasteiger partial charge in [-0.15, -0.1) is 0 Å². The van der Waals surface area contributed by atoms with E-state index in [1.54, 1.807) is 44.2 Å². The third-order valence-corrected chi connectivity index (χ3v) is 8.14. The standard InChI is InChI=1S/C32H27BBrF4N5O3/c1-3-42-29-25(24(17-39-27(44)18(2)34)41-43(29)23-10-5-4-6-11-23)31(33,20-12-14-22(35)15-13-20)26(30(42)46)40-28(45)19-8-7-9-21(16-19)32(36,37)38/h4-16,18,26H,3,17H2,1-2H3,(H,39,44)(H,40,45)/t18-,26+,31-/m0/s1. The van der Waals surface area contributed by atoms with Crippen molar-refractivity contribution < 1.29 is 31.9 Å². The summed E-state index contributed by atoms with van der Waals surface area (Å²) in [4.78, 5) is 41.4. The van der Waals surface area contributed by atoms with Crippen molar-refractivity contribution in [3.05, 3.63) is 113 Å². The first kappa shape index (κ1) is 32.9. The van der Waals surface area contributed by atoms with E-state index in [2.05, 4.69) is 26.6 Å². The van der Waals surface area contributed by atoms with E-state index in [9.17, 15) is 31.9 Å². The number of rotatable bonds is 8. The molecule has 3 atom stereocenters. The summed E-state index contributed by atoms with van der Waals surface area (Å²) in [6.07, 6.45) is -4.71. The molecule has 2 radical (unpaired) electrons. The molecule has 0 aliphatic carbocycles. The Balaban J connectivity index is 1.74. The van der Waals surface area contributed by atoms with E-state index in [-0.39, 0.29) is 47.2 Å². The average molecular weight is 696 g/mol. The minimum absolute atomic E-state index is 0.0873. The summed E-state index contributed by atoms with van der Waals surface area (Å²) >= 11 is 3.23. The Bertz CT molecular complexity index is 1780.